The zero-order chi connectivity index (χ0) is 13.9. The minimum atomic E-state index is 0.217. The lowest BCUT2D eigenvalue weighted by Gasteiger charge is -2.07. The molecule has 2 heteroatoms. The highest BCUT2D eigenvalue weighted by molar-refractivity contribution is 6.09. The molecule has 20 heavy (non-hydrogen) atoms. The predicted octanol–water partition coefficient (Wildman–Crippen LogP) is 4.76. The summed E-state index contributed by atoms with van der Waals surface area (Å²) in [5.41, 5.74) is 2.67. The Kier molecular flexibility index (Phi) is 3.46. The van der Waals surface area contributed by atoms with Gasteiger partial charge in [-0.05, 0) is 24.6 Å². The molecule has 3 rings (SSSR count). The third kappa shape index (κ3) is 2.29. The summed E-state index contributed by atoms with van der Waals surface area (Å²) in [7, 11) is 0. The van der Waals surface area contributed by atoms with Gasteiger partial charge in [0.2, 0.25) is 0 Å². The smallest absolute Gasteiger partial charge is 0.163 e. The van der Waals surface area contributed by atoms with Crippen molar-refractivity contribution in [2.75, 3.05) is 0 Å². The van der Waals surface area contributed by atoms with Crippen LogP contribution in [0.4, 0.5) is 0 Å². The molecule has 0 fully saturated rings. The van der Waals surface area contributed by atoms with Crippen molar-refractivity contribution in [3.05, 3.63) is 54.1 Å². The summed E-state index contributed by atoms with van der Waals surface area (Å²) in [5.74, 6) is 0.217. The molecule has 0 aliphatic rings. The van der Waals surface area contributed by atoms with Crippen molar-refractivity contribution >= 4 is 27.6 Å². The molecule has 0 atom stereocenters. The molecule has 1 heterocycles. The molecule has 0 saturated carbocycles. The number of fused-ring (bicyclic) bond motifs is 2. The molecule has 0 saturated heterocycles. The number of rotatable bonds is 4. The molecule has 0 N–H and O–H groups in total. The number of para-hydroxylation sites is 1. The number of benzene rings is 2. The van der Waals surface area contributed by atoms with E-state index in [9.17, 15) is 4.79 Å². The molecule has 0 bridgehead atoms. The van der Waals surface area contributed by atoms with Gasteiger partial charge in [0, 0.05) is 22.8 Å². The van der Waals surface area contributed by atoms with E-state index in [-0.39, 0.29) is 5.78 Å². The SMILES string of the molecule is CCCCC(=O)c1cccc2nc3ccccc3cc12. The summed E-state index contributed by atoms with van der Waals surface area (Å²) in [4.78, 5) is 17.0. The van der Waals surface area contributed by atoms with E-state index in [2.05, 4.69) is 18.0 Å². The van der Waals surface area contributed by atoms with Crippen LogP contribution in [-0.4, -0.2) is 10.8 Å². The van der Waals surface area contributed by atoms with E-state index in [0.29, 0.717) is 6.42 Å². The van der Waals surface area contributed by atoms with Crippen LogP contribution in [-0.2, 0) is 0 Å². The Balaban J connectivity index is 2.17. The molecule has 3 aromatic rings. The van der Waals surface area contributed by atoms with Crippen molar-refractivity contribution in [2.24, 2.45) is 0 Å². The van der Waals surface area contributed by atoms with Gasteiger partial charge in [0.1, 0.15) is 0 Å². The van der Waals surface area contributed by atoms with E-state index in [0.717, 1.165) is 40.2 Å². The lowest BCUT2D eigenvalue weighted by atomic mass is 9.99. The summed E-state index contributed by atoms with van der Waals surface area (Å²) >= 11 is 0. The van der Waals surface area contributed by atoms with Gasteiger partial charge in [0.25, 0.3) is 0 Å². The number of Topliss-reactive ketones (excluding diaryl/α,β-unsaturated/α-hetero) is 1. The van der Waals surface area contributed by atoms with Gasteiger partial charge >= 0.3 is 0 Å². The molecule has 0 spiro atoms. The van der Waals surface area contributed by atoms with E-state index < -0.39 is 0 Å². The number of ketones is 1. The first kappa shape index (κ1) is 12.8. The number of hydrogen-bond donors (Lipinski definition) is 0. The normalized spacial score (nSPS) is 11.1. The average molecular weight is 263 g/mol. The van der Waals surface area contributed by atoms with Crippen LogP contribution in [0.3, 0.4) is 0 Å². The molecular weight excluding hydrogens is 246 g/mol. The highest BCUT2D eigenvalue weighted by Gasteiger charge is 2.10. The summed E-state index contributed by atoms with van der Waals surface area (Å²) in [6.45, 7) is 2.10. The van der Waals surface area contributed by atoms with Crippen molar-refractivity contribution in [1.82, 2.24) is 4.98 Å². The Morgan fingerprint density at radius 1 is 1.05 bits per heavy atom. The van der Waals surface area contributed by atoms with Gasteiger partial charge in [-0.25, -0.2) is 4.98 Å². The number of aromatic nitrogens is 1. The van der Waals surface area contributed by atoms with Crippen molar-refractivity contribution in [3.8, 4) is 0 Å². The minimum absolute atomic E-state index is 0.217. The molecule has 1 aromatic heterocycles. The second-order valence-electron chi connectivity index (χ2n) is 5.08. The number of unbranched alkanes of at least 4 members (excludes halogenated alkanes) is 1. The van der Waals surface area contributed by atoms with Crippen molar-refractivity contribution < 1.29 is 4.79 Å². The van der Waals surface area contributed by atoms with Gasteiger partial charge in [0.15, 0.2) is 5.78 Å². The number of carbonyl (C=O) groups excluding carboxylic acids is 1. The fourth-order valence-corrected chi connectivity index (χ4v) is 2.51. The number of carbonyl (C=O) groups is 1. The maximum absolute atomic E-state index is 12.3. The second kappa shape index (κ2) is 5.41. The van der Waals surface area contributed by atoms with Crippen molar-refractivity contribution in [1.29, 1.82) is 0 Å². The summed E-state index contributed by atoms with van der Waals surface area (Å²) < 4.78 is 0. The summed E-state index contributed by atoms with van der Waals surface area (Å²) in [6.07, 6.45) is 2.59. The Morgan fingerprint density at radius 2 is 1.85 bits per heavy atom. The van der Waals surface area contributed by atoms with Crippen LogP contribution in [0.1, 0.15) is 36.5 Å². The Morgan fingerprint density at radius 3 is 2.70 bits per heavy atom. The number of hydrogen-bond acceptors (Lipinski definition) is 2. The van der Waals surface area contributed by atoms with Crippen LogP contribution in [0.25, 0.3) is 21.8 Å². The van der Waals surface area contributed by atoms with Crippen LogP contribution in [0, 0.1) is 0 Å². The average Bonchev–Trinajstić information content (AvgIpc) is 2.50. The zero-order valence-electron chi connectivity index (χ0n) is 11.6. The maximum Gasteiger partial charge on any atom is 0.163 e. The van der Waals surface area contributed by atoms with E-state index in [4.69, 9.17) is 0 Å². The highest BCUT2D eigenvalue weighted by Crippen LogP contribution is 2.24. The highest BCUT2D eigenvalue weighted by atomic mass is 16.1. The van der Waals surface area contributed by atoms with Gasteiger partial charge < -0.3 is 0 Å². The van der Waals surface area contributed by atoms with E-state index in [1.165, 1.54) is 0 Å². The first-order valence-electron chi connectivity index (χ1n) is 7.11. The third-order valence-electron chi connectivity index (χ3n) is 3.62. The van der Waals surface area contributed by atoms with Crippen LogP contribution in [0.15, 0.2) is 48.5 Å². The molecule has 0 aliphatic carbocycles. The minimum Gasteiger partial charge on any atom is -0.294 e. The van der Waals surface area contributed by atoms with Gasteiger partial charge in [-0.2, -0.15) is 0 Å². The Bertz CT molecular complexity index is 777. The van der Waals surface area contributed by atoms with E-state index in [1.807, 2.05) is 42.5 Å². The molecule has 0 amide bonds. The summed E-state index contributed by atoms with van der Waals surface area (Å²) in [6, 6.07) is 15.9. The number of nitrogens with zero attached hydrogens (tertiary/aromatic N) is 1. The van der Waals surface area contributed by atoms with E-state index >= 15 is 0 Å². The van der Waals surface area contributed by atoms with Crippen LogP contribution in [0.5, 0.6) is 0 Å². The molecule has 2 aromatic carbocycles. The second-order valence-corrected chi connectivity index (χ2v) is 5.08. The van der Waals surface area contributed by atoms with Gasteiger partial charge in [-0.15, -0.1) is 0 Å². The monoisotopic (exact) mass is 263 g/mol. The number of pyridine rings is 1. The molecule has 2 nitrogen and oxygen atoms in total. The lowest BCUT2D eigenvalue weighted by Crippen LogP contribution is -2.00. The zero-order valence-corrected chi connectivity index (χ0v) is 11.6. The van der Waals surface area contributed by atoms with Gasteiger partial charge in [-0.3, -0.25) is 4.79 Å². The van der Waals surface area contributed by atoms with Gasteiger partial charge in [0.05, 0.1) is 11.0 Å². The Labute approximate surface area is 118 Å². The fourth-order valence-electron chi connectivity index (χ4n) is 2.51. The first-order valence-corrected chi connectivity index (χ1v) is 7.11. The molecule has 100 valence electrons. The first-order chi connectivity index (χ1) is 9.79. The predicted molar refractivity (Wildman–Crippen MR) is 83.1 cm³/mol. The standard InChI is InChI=1S/C18H17NO/c1-2-3-11-18(20)14-8-6-10-17-15(14)12-13-7-4-5-9-16(13)19-17/h4-10,12H,2-3,11H2,1H3. The molecule has 0 unspecified atom stereocenters. The van der Waals surface area contributed by atoms with Crippen LogP contribution in [0.2, 0.25) is 0 Å². The Hall–Kier alpha value is -2.22. The topological polar surface area (TPSA) is 30.0 Å². The lowest BCUT2D eigenvalue weighted by molar-refractivity contribution is 0.0981. The van der Waals surface area contributed by atoms with E-state index in [1.54, 1.807) is 0 Å². The molecular formula is C18H17NO. The van der Waals surface area contributed by atoms with Gasteiger partial charge in [-0.1, -0.05) is 43.7 Å². The fraction of sp³-hybridized carbons (Fsp3) is 0.222. The largest absolute Gasteiger partial charge is 0.294 e. The maximum atomic E-state index is 12.3. The summed E-state index contributed by atoms with van der Waals surface area (Å²) in [5, 5.41) is 2.04. The molecule has 0 aliphatic heterocycles. The van der Waals surface area contributed by atoms with Crippen LogP contribution >= 0.6 is 0 Å². The van der Waals surface area contributed by atoms with Crippen LogP contribution < -0.4 is 0 Å². The van der Waals surface area contributed by atoms with Crippen molar-refractivity contribution in [3.63, 3.8) is 0 Å². The quantitative estimate of drug-likeness (QED) is 0.501. The third-order valence-corrected chi connectivity index (χ3v) is 3.62. The van der Waals surface area contributed by atoms with Crippen molar-refractivity contribution in [2.45, 2.75) is 26.2 Å². The molecule has 0 radical (unpaired) electrons.